The third-order valence-corrected chi connectivity index (χ3v) is 4.13. The van der Waals surface area contributed by atoms with Gasteiger partial charge in [-0.15, -0.1) is 0 Å². The molecule has 0 radical (unpaired) electrons. The van der Waals surface area contributed by atoms with E-state index < -0.39 is 5.97 Å². The Balaban J connectivity index is 1.59. The van der Waals surface area contributed by atoms with Crippen molar-refractivity contribution in [2.75, 3.05) is 6.61 Å². The maximum atomic E-state index is 12.3. The molecule has 2 aromatic carbocycles. The zero-order chi connectivity index (χ0) is 17.5. The second-order valence-corrected chi connectivity index (χ2v) is 6.04. The minimum absolute atomic E-state index is 0.208. The van der Waals surface area contributed by atoms with Gasteiger partial charge >= 0.3 is 5.97 Å². The molecular formula is C20H21NO4. The fourth-order valence-corrected chi connectivity index (χ4v) is 2.89. The number of hydrogen-bond acceptors (Lipinski definition) is 4. The molecule has 0 spiro atoms. The highest BCUT2D eigenvalue weighted by molar-refractivity contribution is 5.94. The summed E-state index contributed by atoms with van der Waals surface area (Å²) in [5.41, 5.74) is 0.292. The van der Waals surface area contributed by atoms with Crippen molar-refractivity contribution in [3.63, 3.8) is 0 Å². The number of hydrogen-bond donors (Lipinski definition) is 1. The van der Waals surface area contributed by atoms with Crippen LogP contribution < -0.4 is 10.1 Å². The number of esters is 1. The number of nitrogens with one attached hydrogen (secondary N) is 1. The number of benzene rings is 2. The summed E-state index contributed by atoms with van der Waals surface area (Å²) >= 11 is 0. The second kappa shape index (κ2) is 8.33. The summed E-state index contributed by atoms with van der Waals surface area (Å²) in [6.07, 6.45) is 4.25. The molecule has 2 aromatic rings. The largest absolute Gasteiger partial charge is 0.456 e. The quantitative estimate of drug-likeness (QED) is 0.815. The molecule has 1 saturated carbocycles. The average Bonchev–Trinajstić information content (AvgIpc) is 3.14. The molecule has 130 valence electrons. The second-order valence-electron chi connectivity index (χ2n) is 6.04. The SMILES string of the molecule is O=C(COC(=O)c1ccccc1Oc1ccccc1)NC1CCCC1. The molecule has 1 amide bonds. The van der Waals surface area contributed by atoms with Crippen LogP contribution in [0.5, 0.6) is 11.5 Å². The van der Waals surface area contributed by atoms with Crippen LogP contribution in [-0.2, 0) is 9.53 Å². The molecule has 0 atom stereocenters. The van der Waals surface area contributed by atoms with E-state index in [0.29, 0.717) is 17.1 Å². The Bertz CT molecular complexity index is 723. The van der Waals surface area contributed by atoms with Gasteiger partial charge in [0.05, 0.1) is 0 Å². The molecule has 1 fully saturated rings. The molecule has 1 aliphatic carbocycles. The zero-order valence-electron chi connectivity index (χ0n) is 13.9. The van der Waals surface area contributed by atoms with Crippen LogP contribution in [0.2, 0.25) is 0 Å². The Kier molecular flexibility index (Phi) is 5.67. The zero-order valence-corrected chi connectivity index (χ0v) is 13.9. The predicted molar refractivity (Wildman–Crippen MR) is 93.6 cm³/mol. The molecule has 5 nitrogen and oxygen atoms in total. The Morgan fingerprint density at radius 1 is 0.960 bits per heavy atom. The van der Waals surface area contributed by atoms with E-state index in [0.717, 1.165) is 25.7 Å². The van der Waals surface area contributed by atoms with Gasteiger partial charge in [0.15, 0.2) is 6.61 Å². The van der Waals surface area contributed by atoms with Gasteiger partial charge in [-0.1, -0.05) is 43.2 Å². The van der Waals surface area contributed by atoms with Gasteiger partial charge in [-0.25, -0.2) is 4.79 Å². The highest BCUT2D eigenvalue weighted by atomic mass is 16.5. The molecular weight excluding hydrogens is 318 g/mol. The van der Waals surface area contributed by atoms with Crippen LogP contribution in [0, 0.1) is 0 Å². The summed E-state index contributed by atoms with van der Waals surface area (Å²) < 4.78 is 10.9. The first-order chi connectivity index (χ1) is 12.2. The lowest BCUT2D eigenvalue weighted by Crippen LogP contribution is -2.35. The number of carbonyl (C=O) groups excluding carboxylic acids is 2. The van der Waals surface area contributed by atoms with Crippen LogP contribution in [0.15, 0.2) is 54.6 Å². The molecule has 0 saturated heterocycles. The smallest absolute Gasteiger partial charge is 0.342 e. The van der Waals surface area contributed by atoms with Crippen molar-refractivity contribution in [2.45, 2.75) is 31.7 Å². The first-order valence-electron chi connectivity index (χ1n) is 8.51. The van der Waals surface area contributed by atoms with E-state index in [2.05, 4.69) is 5.32 Å². The van der Waals surface area contributed by atoms with Gasteiger partial charge in [-0.2, -0.15) is 0 Å². The highest BCUT2D eigenvalue weighted by Gasteiger charge is 2.19. The highest BCUT2D eigenvalue weighted by Crippen LogP contribution is 2.25. The van der Waals surface area contributed by atoms with Crippen molar-refractivity contribution in [1.29, 1.82) is 0 Å². The number of rotatable bonds is 6. The van der Waals surface area contributed by atoms with Gasteiger partial charge in [-0.05, 0) is 37.1 Å². The summed E-state index contributed by atoms with van der Waals surface area (Å²) in [5, 5.41) is 2.89. The normalized spacial score (nSPS) is 14.1. The van der Waals surface area contributed by atoms with Gasteiger partial charge in [0.1, 0.15) is 17.1 Å². The van der Waals surface area contributed by atoms with Crippen LogP contribution in [-0.4, -0.2) is 24.5 Å². The summed E-state index contributed by atoms with van der Waals surface area (Å²) in [4.78, 5) is 24.2. The fraction of sp³-hybridized carbons (Fsp3) is 0.300. The standard InChI is InChI=1S/C20H21NO4/c22-19(21-15-8-4-5-9-15)14-24-20(23)17-12-6-7-13-18(17)25-16-10-2-1-3-11-16/h1-3,6-7,10-13,15H,4-5,8-9,14H2,(H,21,22). The van der Waals surface area contributed by atoms with E-state index in [9.17, 15) is 9.59 Å². The molecule has 0 unspecified atom stereocenters. The average molecular weight is 339 g/mol. The van der Waals surface area contributed by atoms with Gasteiger partial charge in [-0.3, -0.25) is 4.79 Å². The first kappa shape index (κ1) is 17.0. The van der Waals surface area contributed by atoms with E-state index in [1.165, 1.54) is 0 Å². The van der Waals surface area contributed by atoms with Gasteiger partial charge in [0.2, 0.25) is 0 Å². The molecule has 1 N–H and O–H groups in total. The summed E-state index contributed by atoms with van der Waals surface area (Å²) in [6, 6.07) is 16.2. The maximum absolute atomic E-state index is 12.3. The van der Waals surface area contributed by atoms with Crippen molar-refractivity contribution in [1.82, 2.24) is 5.32 Å². The van der Waals surface area contributed by atoms with Crippen LogP contribution in [0.1, 0.15) is 36.0 Å². The van der Waals surface area contributed by atoms with Crippen molar-refractivity contribution in [3.8, 4) is 11.5 Å². The van der Waals surface area contributed by atoms with Gasteiger partial charge in [0.25, 0.3) is 5.91 Å². The summed E-state index contributed by atoms with van der Waals surface area (Å²) in [5.74, 6) is 0.187. The van der Waals surface area contributed by atoms with E-state index in [1.807, 2.05) is 18.2 Å². The Morgan fingerprint density at radius 2 is 1.64 bits per heavy atom. The van der Waals surface area contributed by atoms with Crippen molar-refractivity contribution in [3.05, 3.63) is 60.2 Å². The predicted octanol–water partition coefficient (Wildman–Crippen LogP) is 3.69. The molecule has 5 heteroatoms. The lowest BCUT2D eigenvalue weighted by Gasteiger charge is -2.13. The van der Waals surface area contributed by atoms with Crippen LogP contribution in [0.25, 0.3) is 0 Å². The third-order valence-electron chi connectivity index (χ3n) is 4.13. The van der Waals surface area contributed by atoms with Gasteiger partial charge in [0, 0.05) is 6.04 Å². The summed E-state index contributed by atoms with van der Waals surface area (Å²) in [6.45, 7) is -0.283. The van der Waals surface area contributed by atoms with Crippen molar-refractivity contribution < 1.29 is 19.1 Å². The number of amides is 1. The number of carbonyl (C=O) groups is 2. The summed E-state index contributed by atoms with van der Waals surface area (Å²) in [7, 11) is 0. The molecule has 25 heavy (non-hydrogen) atoms. The molecule has 1 aliphatic rings. The maximum Gasteiger partial charge on any atom is 0.342 e. The fourth-order valence-electron chi connectivity index (χ4n) is 2.89. The van der Waals surface area contributed by atoms with E-state index in [4.69, 9.17) is 9.47 Å². The minimum atomic E-state index is -0.576. The Labute approximate surface area is 147 Å². The number of ether oxygens (including phenoxy) is 2. The van der Waals surface area contributed by atoms with Crippen LogP contribution >= 0.6 is 0 Å². The molecule has 0 heterocycles. The Hall–Kier alpha value is -2.82. The molecule has 3 rings (SSSR count). The molecule has 0 aromatic heterocycles. The molecule has 0 bridgehead atoms. The topological polar surface area (TPSA) is 64.6 Å². The first-order valence-corrected chi connectivity index (χ1v) is 8.51. The van der Waals surface area contributed by atoms with E-state index in [-0.39, 0.29) is 18.6 Å². The lowest BCUT2D eigenvalue weighted by molar-refractivity contribution is -0.124. The van der Waals surface area contributed by atoms with Crippen LogP contribution in [0.4, 0.5) is 0 Å². The van der Waals surface area contributed by atoms with Gasteiger partial charge < -0.3 is 14.8 Å². The van der Waals surface area contributed by atoms with Crippen molar-refractivity contribution in [2.24, 2.45) is 0 Å². The molecule has 0 aliphatic heterocycles. The Morgan fingerprint density at radius 3 is 2.40 bits per heavy atom. The number of para-hydroxylation sites is 2. The monoisotopic (exact) mass is 339 g/mol. The van der Waals surface area contributed by atoms with Crippen molar-refractivity contribution >= 4 is 11.9 Å². The van der Waals surface area contributed by atoms with E-state index in [1.54, 1.807) is 36.4 Å². The minimum Gasteiger partial charge on any atom is -0.456 e. The lowest BCUT2D eigenvalue weighted by atomic mass is 10.2. The third kappa shape index (κ3) is 4.83. The van der Waals surface area contributed by atoms with E-state index >= 15 is 0 Å². The van der Waals surface area contributed by atoms with Crippen LogP contribution in [0.3, 0.4) is 0 Å².